The molecule has 0 aromatic carbocycles. The maximum Gasteiger partial charge on any atom is 0.0334 e. The van der Waals surface area contributed by atoms with Crippen LogP contribution in [-0.4, -0.2) is 36.6 Å². The van der Waals surface area contributed by atoms with Crippen molar-refractivity contribution in [1.82, 2.24) is 10.2 Å². The van der Waals surface area contributed by atoms with E-state index in [4.69, 9.17) is 0 Å². The average Bonchev–Trinajstić information content (AvgIpc) is 3.04. The van der Waals surface area contributed by atoms with E-state index in [2.05, 4.69) is 37.9 Å². The van der Waals surface area contributed by atoms with Gasteiger partial charge in [-0.2, -0.15) is 0 Å². The van der Waals surface area contributed by atoms with Crippen molar-refractivity contribution in [3.63, 3.8) is 0 Å². The predicted molar refractivity (Wildman–Crippen MR) is 74.2 cm³/mol. The lowest BCUT2D eigenvalue weighted by atomic mass is 9.89. The molecule has 1 N–H and O–H groups in total. The number of rotatable bonds is 5. The Bertz CT molecular complexity index is 247. The summed E-state index contributed by atoms with van der Waals surface area (Å²) in [4.78, 5) is 2.79. The summed E-state index contributed by atoms with van der Waals surface area (Å²) >= 11 is 0. The molecule has 2 aliphatic rings. The van der Waals surface area contributed by atoms with Crippen LogP contribution in [0.4, 0.5) is 0 Å². The van der Waals surface area contributed by atoms with E-state index in [0.29, 0.717) is 5.54 Å². The molecular formula is C15H30N2. The Morgan fingerprint density at radius 3 is 2.59 bits per heavy atom. The van der Waals surface area contributed by atoms with E-state index in [-0.39, 0.29) is 0 Å². The molecule has 0 spiro atoms. The summed E-state index contributed by atoms with van der Waals surface area (Å²) in [7, 11) is 0. The summed E-state index contributed by atoms with van der Waals surface area (Å²) in [6, 6.07) is 0. The largest absolute Gasteiger partial charge is 0.314 e. The topological polar surface area (TPSA) is 15.3 Å². The van der Waals surface area contributed by atoms with E-state index in [9.17, 15) is 0 Å². The van der Waals surface area contributed by atoms with Gasteiger partial charge < -0.3 is 5.32 Å². The van der Waals surface area contributed by atoms with E-state index in [1.807, 2.05) is 0 Å². The van der Waals surface area contributed by atoms with Gasteiger partial charge in [0.05, 0.1) is 0 Å². The minimum absolute atomic E-state index is 0.448. The molecule has 1 heterocycles. The van der Waals surface area contributed by atoms with E-state index in [1.165, 1.54) is 45.4 Å². The third kappa shape index (κ3) is 3.23. The molecule has 0 radical (unpaired) electrons. The molecule has 2 unspecified atom stereocenters. The van der Waals surface area contributed by atoms with Crippen LogP contribution in [0.5, 0.6) is 0 Å². The first-order chi connectivity index (χ1) is 8.02. The highest BCUT2D eigenvalue weighted by Gasteiger charge is 2.46. The Morgan fingerprint density at radius 2 is 2.00 bits per heavy atom. The second-order valence-electron chi connectivity index (χ2n) is 6.99. The highest BCUT2D eigenvalue weighted by Crippen LogP contribution is 2.43. The Hall–Kier alpha value is -0.0800. The minimum atomic E-state index is 0.448. The van der Waals surface area contributed by atoms with Gasteiger partial charge in [0.25, 0.3) is 0 Å². The predicted octanol–water partition coefficient (Wildman–Crippen LogP) is 2.74. The van der Waals surface area contributed by atoms with Crippen LogP contribution in [0.3, 0.4) is 0 Å². The maximum absolute atomic E-state index is 3.60. The van der Waals surface area contributed by atoms with Crippen LogP contribution in [-0.2, 0) is 0 Å². The Balaban J connectivity index is 1.92. The molecule has 0 amide bonds. The molecule has 1 aliphatic heterocycles. The van der Waals surface area contributed by atoms with Crippen LogP contribution in [0.25, 0.3) is 0 Å². The molecular weight excluding hydrogens is 208 g/mol. The molecule has 2 heteroatoms. The first-order valence-electron chi connectivity index (χ1n) is 7.48. The van der Waals surface area contributed by atoms with E-state index in [0.717, 1.165) is 17.8 Å². The lowest BCUT2D eigenvalue weighted by Gasteiger charge is -2.47. The fraction of sp³-hybridized carbons (Fsp3) is 1.00. The van der Waals surface area contributed by atoms with Crippen LogP contribution in [0, 0.1) is 17.8 Å². The molecule has 17 heavy (non-hydrogen) atoms. The van der Waals surface area contributed by atoms with Crippen LogP contribution in [0.1, 0.15) is 47.0 Å². The molecule has 1 aliphatic carbocycles. The number of hydrogen-bond acceptors (Lipinski definition) is 2. The summed E-state index contributed by atoms with van der Waals surface area (Å²) in [5.74, 6) is 2.63. The lowest BCUT2D eigenvalue weighted by molar-refractivity contribution is 0.0405. The molecule has 100 valence electrons. The maximum atomic E-state index is 3.60. The van der Waals surface area contributed by atoms with Crippen LogP contribution in [0.15, 0.2) is 0 Å². The number of nitrogens with one attached hydrogen (secondary N) is 1. The van der Waals surface area contributed by atoms with Gasteiger partial charge >= 0.3 is 0 Å². The zero-order valence-electron chi connectivity index (χ0n) is 12.1. The van der Waals surface area contributed by atoms with Crippen LogP contribution >= 0.6 is 0 Å². The van der Waals surface area contributed by atoms with Crippen LogP contribution in [0.2, 0.25) is 0 Å². The van der Waals surface area contributed by atoms with Crippen molar-refractivity contribution in [3.05, 3.63) is 0 Å². The molecule has 2 rings (SSSR count). The monoisotopic (exact) mass is 238 g/mol. The number of hydrogen-bond donors (Lipinski definition) is 1. The van der Waals surface area contributed by atoms with Gasteiger partial charge in [0.2, 0.25) is 0 Å². The van der Waals surface area contributed by atoms with Crippen molar-refractivity contribution in [2.24, 2.45) is 17.8 Å². The number of nitrogens with zero attached hydrogens (tertiary/aromatic N) is 1. The van der Waals surface area contributed by atoms with Gasteiger partial charge in [0.1, 0.15) is 0 Å². The van der Waals surface area contributed by atoms with Crippen molar-refractivity contribution in [1.29, 1.82) is 0 Å². The average molecular weight is 238 g/mol. The summed E-state index contributed by atoms with van der Waals surface area (Å²) in [6.07, 6.45) is 4.27. The van der Waals surface area contributed by atoms with Gasteiger partial charge in [-0.1, -0.05) is 20.8 Å². The Labute approximate surface area is 107 Å². The third-order valence-electron chi connectivity index (χ3n) is 4.63. The molecule has 1 saturated carbocycles. The highest BCUT2D eigenvalue weighted by molar-refractivity contribution is 5.03. The number of piperazine rings is 1. The fourth-order valence-corrected chi connectivity index (χ4v) is 3.59. The minimum Gasteiger partial charge on any atom is -0.314 e. The highest BCUT2D eigenvalue weighted by atomic mass is 15.3. The molecule has 2 fully saturated rings. The van der Waals surface area contributed by atoms with Crippen molar-refractivity contribution in [2.45, 2.75) is 52.5 Å². The Morgan fingerprint density at radius 1 is 1.29 bits per heavy atom. The van der Waals surface area contributed by atoms with E-state index < -0.39 is 0 Å². The fourth-order valence-electron chi connectivity index (χ4n) is 3.59. The molecule has 0 aromatic rings. The molecule has 2 atom stereocenters. The second kappa shape index (κ2) is 5.27. The van der Waals surface area contributed by atoms with Gasteiger partial charge in [-0.15, -0.1) is 0 Å². The van der Waals surface area contributed by atoms with Crippen molar-refractivity contribution < 1.29 is 0 Å². The van der Waals surface area contributed by atoms with Crippen molar-refractivity contribution in [2.75, 3.05) is 26.2 Å². The standard InChI is InChI=1S/C15H30N2/c1-12(2)9-13(3)10-17-8-7-16-11-15(17,4)14-5-6-14/h12-14,16H,5-11H2,1-4H3. The zero-order valence-corrected chi connectivity index (χ0v) is 12.1. The molecule has 2 nitrogen and oxygen atoms in total. The lowest BCUT2D eigenvalue weighted by Crippen LogP contribution is -2.61. The molecule has 1 saturated heterocycles. The van der Waals surface area contributed by atoms with Gasteiger partial charge in [-0.25, -0.2) is 0 Å². The van der Waals surface area contributed by atoms with E-state index >= 15 is 0 Å². The second-order valence-corrected chi connectivity index (χ2v) is 6.99. The van der Waals surface area contributed by atoms with Gasteiger partial charge in [-0.05, 0) is 43.9 Å². The normalized spacial score (nSPS) is 33.0. The molecule has 0 bridgehead atoms. The quantitative estimate of drug-likeness (QED) is 0.792. The third-order valence-corrected chi connectivity index (χ3v) is 4.63. The smallest absolute Gasteiger partial charge is 0.0334 e. The van der Waals surface area contributed by atoms with Crippen molar-refractivity contribution >= 4 is 0 Å². The van der Waals surface area contributed by atoms with Gasteiger partial charge in [-0.3, -0.25) is 4.90 Å². The summed E-state index contributed by atoms with van der Waals surface area (Å²) in [6.45, 7) is 14.5. The zero-order chi connectivity index (χ0) is 12.5. The summed E-state index contributed by atoms with van der Waals surface area (Å²) in [5.41, 5.74) is 0.448. The van der Waals surface area contributed by atoms with Gasteiger partial charge in [0, 0.05) is 31.7 Å². The Kier molecular flexibility index (Phi) is 4.14. The molecule has 0 aromatic heterocycles. The summed E-state index contributed by atoms with van der Waals surface area (Å²) in [5, 5.41) is 3.60. The van der Waals surface area contributed by atoms with E-state index in [1.54, 1.807) is 0 Å². The first-order valence-corrected chi connectivity index (χ1v) is 7.48. The van der Waals surface area contributed by atoms with Crippen molar-refractivity contribution in [3.8, 4) is 0 Å². The SMILES string of the molecule is CC(C)CC(C)CN1CCNCC1(C)C1CC1. The summed E-state index contributed by atoms with van der Waals surface area (Å²) < 4.78 is 0. The first kappa shape index (κ1) is 13.4. The van der Waals surface area contributed by atoms with Crippen LogP contribution < -0.4 is 5.32 Å². The van der Waals surface area contributed by atoms with Gasteiger partial charge in [0.15, 0.2) is 0 Å².